The number of aryl methyl sites for hydroxylation is 1. The van der Waals surface area contributed by atoms with E-state index in [1.807, 2.05) is 0 Å². The first-order valence-corrected chi connectivity index (χ1v) is 6.44. The second kappa shape index (κ2) is 5.58. The van der Waals surface area contributed by atoms with Gasteiger partial charge in [0.15, 0.2) is 0 Å². The average Bonchev–Trinajstić information content (AvgIpc) is 2.33. The molecule has 19 heavy (non-hydrogen) atoms. The summed E-state index contributed by atoms with van der Waals surface area (Å²) in [4.78, 5) is 8.34. The monoisotopic (exact) mass is 341 g/mol. The van der Waals surface area contributed by atoms with Crippen LogP contribution >= 0.6 is 28.1 Å². The summed E-state index contributed by atoms with van der Waals surface area (Å²) in [7, 11) is 0. The first-order valence-electron chi connectivity index (χ1n) is 5.24. The summed E-state index contributed by atoms with van der Waals surface area (Å²) in [5.41, 5.74) is 6.62. The Morgan fingerprint density at radius 2 is 2.11 bits per heavy atom. The van der Waals surface area contributed by atoms with E-state index in [0.29, 0.717) is 21.6 Å². The van der Waals surface area contributed by atoms with Crippen molar-refractivity contribution in [3.05, 3.63) is 45.9 Å². The summed E-state index contributed by atoms with van der Waals surface area (Å²) >= 11 is 7.93. The van der Waals surface area contributed by atoms with Gasteiger partial charge in [0.05, 0.1) is 4.47 Å². The predicted molar refractivity (Wildman–Crippen MR) is 76.8 cm³/mol. The van der Waals surface area contributed by atoms with Crippen LogP contribution in [0.25, 0.3) is 0 Å². The lowest BCUT2D eigenvalue weighted by atomic mass is 10.3. The van der Waals surface area contributed by atoms with Crippen molar-refractivity contribution in [3.63, 3.8) is 0 Å². The second-order valence-corrected chi connectivity index (χ2v) is 5.01. The third-order valence-electron chi connectivity index (χ3n) is 2.19. The number of rotatable bonds is 3. The van der Waals surface area contributed by atoms with Crippen molar-refractivity contribution in [1.82, 2.24) is 9.97 Å². The van der Waals surface area contributed by atoms with Gasteiger partial charge in [-0.15, -0.1) is 0 Å². The van der Waals surface area contributed by atoms with E-state index in [1.54, 1.807) is 13.0 Å². The molecular formula is C12H9BrFN3OS. The standard InChI is InChI=1S/C12H9BrFN3OS/c1-6-4-10(11(15)19)17-12(16-6)18-7-2-3-9(14)8(13)5-7/h2-5H,1H3,(H2,15,19). The van der Waals surface area contributed by atoms with E-state index in [4.69, 9.17) is 22.7 Å². The normalized spacial score (nSPS) is 10.3. The fraction of sp³-hybridized carbons (Fsp3) is 0.0833. The van der Waals surface area contributed by atoms with Crippen LogP contribution in [0.1, 0.15) is 11.4 Å². The lowest BCUT2D eigenvalue weighted by Crippen LogP contribution is -2.13. The molecule has 0 radical (unpaired) electrons. The zero-order chi connectivity index (χ0) is 14.0. The van der Waals surface area contributed by atoms with E-state index in [1.165, 1.54) is 18.2 Å². The van der Waals surface area contributed by atoms with Gasteiger partial charge in [0.2, 0.25) is 0 Å². The molecule has 0 unspecified atom stereocenters. The van der Waals surface area contributed by atoms with Crippen molar-refractivity contribution in [3.8, 4) is 11.8 Å². The Hall–Kier alpha value is -1.60. The van der Waals surface area contributed by atoms with Crippen molar-refractivity contribution >= 4 is 33.1 Å². The van der Waals surface area contributed by atoms with Gasteiger partial charge in [-0.1, -0.05) is 12.2 Å². The molecular weight excluding hydrogens is 333 g/mol. The van der Waals surface area contributed by atoms with Crippen molar-refractivity contribution < 1.29 is 9.13 Å². The number of thiocarbonyl (C=S) groups is 1. The molecule has 0 spiro atoms. The van der Waals surface area contributed by atoms with Gasteiger partial charge >= 0.3 is 6.01 Å². The topological polar surface area (TPSA) is 61.0 Å². The van der Waals surface area contributed by atoms with Crippen molar-refractivity contribution in [1.29, 1.82) is 0 Å². The molecule has 0 saturated carbocycles. The summed E-state index contributed by atoms with van der Waals surface area (Å²) < 4.78 is 18.9. The number of nitrogens with two attached hydrogens (primary N) is 1. The van der Waals surface area contributed by atoms with Crippen molar-refractivity contribution in [2.45, 2.75) is 6.92 Å². The number of hydrogen-bond donors (Lipinski definition) is 1. The van der Waals surface area contributed by atoms with Crippen LogP contribution in [0.4, 0.5) is 4.39 Å². The molecule has 0 aliphatic heterocycles. The third-order valence-corrected chi connectivity index (χ3v) is 3.00. The lowest BCUT2D eigenvalue weighted by Gasteiger charge is -2.07. The van der Waals surface area contributed by atoms with E-state index >= 15 is 0 Å². The largest absolute Gasteiger partial charge is 0.424 e. The van der Waals surface area contributed by atoms with Gasteiger partial charge < -0.3 is 10.5 Å². The average molecular weight is 342 g/mol. The molecule has 0 aliphatic carbocycles. The van der Waals surface area contributed by atoms with Gasteiger partial charge in [0, 0.05) is 5.69 Å². The minimum atomic E-state index is -0.374. The summed E-state index contributed by atoms with van der Waals surface area (Å²) in [6.07, 6.45) is 0. The first kappa shape index (κ1) is 13.8. The van der Waals surface area contributed by atoms with E-state index < -0.39 is 0 Å². The van der Waals surface area contributed by atoms with Crippen molar-refractivity contribution in [2.75, 3.05) is 0 Å². The molecule has 2 aromatic rings. The third kappa shape index (κ3) is 3.45. The van der Waals surface area contributed by atoms with Crippen LogP contribution in [0.5, 0.6) is 11.8 Å². The quantitative estimate of drug-likeness (QED) is 0.869. The van der Waals surface area contributed by atoms with E-state index in [0.717, 1.165) is 0 Å². The molecule has 2 rings (SSSR count). The highest BCUT2D eigenvalue weighted by Crippen LogP contribution is 2.24. The Balaban J connectivity index is 2.32. The molecule has 1 aromatic carbocycles. The van der Waals surface area contributed by atoms with Crippen molar-refractivity contribution in [2.24, 2.45) is 5.73 Å². The van der Waals surface area contributed by atoms with Crippen LogP contribution in [0.2, 0.25) is 0 Å². The minimum absolute atomic E-state index is 0.112. The molecule has 7 heteroatoms. The van der Waals surface area contributed by atoms with Gasteiger partial charge in [-0.05, 0) is 47.1 Å². The van der Waals surface area contributed by atoms with Crippen LogP contribution in [-0.4, -0.2) is 15.0 Å². The van der Waals surface area contributed by atoms with E-state index in [2.05, 4.69) is 25.9 Å². The van der Waals surface area contributed by atoms with Crippen LogP contribution < -0.4 is 10.5 Å². The molecule has 0 amide bonds. The maximum Gasteiger partial charge on any atom is 0.322 e. The molecule has 0 fully saturated rings. The molecule has 4 nitrogen and oxygen atoms in total. The number of ether oxygens (including phenoxy) is 1. The number of halogens is 2. The highest BCUT2D eigenvalue weighted by atomic mass is 79.9. The highest BCUT2D eigenvalue weighted by Gasteiger charge is 2.08. The highest BCUT2D eigenvalue weighted by molar-refractivity contribution is 9.10. The van der Waals surface area contributed by atoms with Crippen LogP contribution in [0.3, 0.4) is 0 Å². The molecule has 0 aliphatic rings. The number of nitrogens with zero attached hydrogens (tertiary/aromatic N) is 2. The number of benzene rings is 1. The SMILES string of the molecule is Cc1cc(C(N)=S)nc(Oc2ccc(F)c(Br)c2)n1. The summed E-state index contributed by atoms with van der Waals surface area (Å²) in [5, 5.41) is 0. The van der Waals surface area contributed by atoms with Crippen LogP contribution in [0.15, 0.2) is 28.7 Å². The zero-order valence-corrected chi connectivity index (χ0v) is 12.3. The molecule has 0 saturated heterocycles. The fourth-order valence-corrected chi connectivity index (χ4v) is 1.82. The maximum absolute atomic E-state index is 13.1. The van der Waals surface area contributed by atoms with Gasteiger partial charge in [-0.3, -0.25) is 0 Å². The Kier molecular flexibility index (Phi) is 4.06. The van der Waals surface area contributed by atoms with Gasteiger partial charge in [-0.25, -0.2) is 9.37 Å². The molecule has 0 atom stereocenters. The zero-order valence-electron chi connectivity index (χ0n) is 9.85. The first-order chi connectivity index (χ1) is 8.95. The molecule has 0 bridgehead atoms. The van der Waals surface area contributed by atoms with Gasteiger partial charge in [-0.2, -0.15) is 4.98 Å². The Morgan fingerprint density at radius 1 is 1.37 bits per heavy atom. The van der Waals surface area contributed by atoms with E-state index in [9.17, 15) is 4.39 Å². The molecule has 2 N–H and O–H groups in total. The Labute approximate surface area is 123 Å². The molecule has 1 aromatic heterocycles. The summed E-state index contributed by atoms with van der Waals surface area (Å²) in [6.45, 7) is 1.77. The van der Waals surface area contributed by atoms with Gasteiger partial charge in [0.25, 0.3) is 0 Å². The van der Waals surface area contributed by atoms with Gasteiger partial charge in [0.1, 0.15) is 22.2 Å². The predicted octanol–water partition coefficient (Wildman–Crippen LogP) is 3.11. The smallest absolute Gasteiger partial charge is 0.322 e. The molecule has 98 valence electrons. The Bertz CT molecular complexity index is 651. The lowest BCUT2D eigenvalue weighted by molar-refractivity contribution is 0.438. The maximum atomic E-state index is 13.1. The van der Waals surface area contributed by atoms with Crippen LogP contribution in [-0.2, 0) is 0 Å². The van der Waals surface area contributed by atoms with Crippen LogP contribution in [0, 0.1) is 12.7 Å². The number of aromatic nitrogens is 2. The Morgan fingerprint density at radius 3 is 2.74 bits per heavy atom. The summed E-state index contributed by atoms with van der Waals surface area (Å²) in [5.74, 6) is 0.0362. The summed E-state index contributed by atoms with van der Waals surface area (Å²) in [6, 6.07) is 6.02. The number of hydrogen-bond acceptors (Lipinski definition) is 4. The van der Waals surface area contributed by atoms with E-state index in [-0.39, 0.29) is 16.8 Å². The second-order valence-electron chi connectivity index (χ2n) is 3.72. The minimum Gasteiger partial charge on any atom is -0.424 e. The fourth-order valence-electron chi connectivity index (χ4n) is 1.36. The molecule has 1 heterocycles.